The Morgan fingerprint density at radius 2 is 2.00 bits per heavy atom. The molecule has 0 aliphatic carbocycles. The number of halogens is 1. The Kier molecular flexibility index (Phi) is 7.74. The van der Waals surface area contributed by atoms with E-state index in [-0.39, 0.29) is 28.5 Å². The second kappa shape index (κ2) is 10.4. The highest BCUT2D eigenvalue weighted by atomic mass is 79.9. The lowest BCUT2D eigenvalue weighted by Crippen LogP contribution is -2.55. The monoisotopic (exact) mass is 550 g/mol. The lowest BCUT2D eigenvalue weighted by molar-refractivity contribution is -0.148. The van der Waals surface area contributed by atoms with Crippen LogP contribution in [0.1, 0.15) is 31.2 Å². The third-order valence-corrected chi connectivity index (χ3v) is 10.5. The quantitative estimate of drug-likeness (QED) is 0.250. The van der Waals surface area contributed by atoms with Crippen LogP contribution in [0, 0.1) is 11.8 Å². The smallest absolute Gasteiger partial charge is 0.308 e. The van der Waals surface area contributed by atoms with Gasteiger partial charge in [-0.25, -0.2) is 0 Å². The van der Waals surface area contributed by atoms with Crippen molar-refractivity contribution in [2.24, 2.45) is 11.8 Å². The number of benzene rings is 1. The van der Waals surface area contributed by atoms with Crippen molar-refractivity contribution in [2.75, 3.05) is 19.7 Å². The normalized spacial score (nSPS) is 31.5. The van der Waals surface area contributed by atoms with E-state index in [1.54, 1.807) is 15.9 Å². The van der Waals surface area contributed by atoms with Gasteiger partial charge in [-0.3, -0.25) is 14.4 Å². The summed E-state index contributed by atoms with van der Waals surface area (Å²) in [5.41, 5.74) is 0.982. The number of amides is 2. The largest absolute Gasteiger partial charge is 0.481 e. The van der Waals surface area contributed by atoms with E-state index in [0.29, 0.717) is 38.9 Å². The zero-order chi connectivity index (χ0) is 24.5. The van der Waals surface area contributed by atoms with E-state index in [9.17, 15) is 19.5 Å². The third-order valence-electron chi connectivity index (χ3n) is 7.24. The second-order valence-corrected chi connectivity index (χ2v) is 12.0. The number of hydrogen-bond donors (Lipinski definition) is 2. The molecule has 3 fully saturated rings. The molecule has 9 heteroatoms. The first-order valence-electron chi connectivity index (χ1n) is 11.8. The highest BCUT2D eigenvalue weighted by Crippen LogP contribution is 2.67. The van der Waals surface area contributed by atoms with Gasteiger partial charge in [-0.1, -0.05) is 52.3 Å². The standard InChI is InChI=1S/C25H31BrN2O5S/c1-2-11-27(15-16-9-5-3-6-10-16)23(31)21-25-14-17(26)20(34-25)18(24(32)33)19(25)22(30)28(21)12-7-4-8-13-29/h2-3,5-6,9-10,17-21,29H,1,4,7-8,11-15H2,(H,32,33)/t17?,18-,19-,20-,21?,25?/m0/s1. The summed E-state index contributed by atoms with van der Waals surface area (Å²) < 4.78 is -0.761. The Labute approximate surface area is 212 Å². The van der Waals surface area contributed by atoms with E-state index in [0.717, 1.165) is 12.0 Å². The summed E-state index contributed by atoms with van der Waals surface area (Å²) in [6.07, 6.45) is 4.29. The first-order chi connectivity index (χ1) is 16.4. The molecule has 6 atom stereocenters. The fraction of sp³-hybridized carbons (Fsp3) is 0.560. The number of carbonyl (C=O) groups is 3. The molecule has 1 aromatic carbocycles. The molecule has 3 saturated heterocycles. The van der Waals surface area contributed by atoms with E-state index in [4.69, 9.17) is 5.11 Å². The molecular formula is C25H31BrN2O5S. The average Bonchev–Trinajstić information content (AvgIpc) is 3.40. The van der Waals surface area contributed by atoms with Crippen molar-refractivity contribution >= 4 is 45.5 Å². The highest BCUT2D eigenvalue weighted by molar-refractivity contribution is 9.09. The molecule has 3 aliphatic rings. The van der Waals surface area contributed by atoms with Crippen LogP contribution < -0.4 is 0 Å². The molecule has 0 aromatic heterocycles. The number of fused-ring (bicyclic) bond motifs is 1. The van der Waals surface area contributed by atoms with E-state index in [2.05, 4.69) is 22.5 Å². The maximum atomic E-state index is 14.2. The summed E-state index contributed by atoms with van der Waals surface area (Å²) in [6, 6.07) is 8.97. The first kappa shape index (κ1) is 25.3. The fourth-order valence-corrected chi connectivity index (χ4v) is 9.47. The molecule has 1 aromatic rings. The van der Waals surface area contributed by atoms with Gasteiger partial charge in [0.15, 0.2) is 0 Å². The number of rotatable bonds is 11. The number of carboxylic acids is 1. The predicted molar refractivity (Wildman–Crippen MR) is 135 cm³/mol. The Balaban J connectivity index is 1.69. The van der Waals surface area contributed by atoms with Crippen molar-refractivity contribution in [2.45, 2.75) is 53.1 Å². The van der Waals surface area contributed by atoms with Gasteiger partial charge in [0.1, 0.15) is 6.04 Å². The lowest BCUT2D eigenvalue weighted by Gasteiger charge is -2.37. The Morgan fingerprint density at radius 1 is 1.26 bits per heavy atom. The predicted octanol–water partition coefficient (Wildman–Crippen LogP) is 2.91. The summed E-state index contributed by atoms with van der Waals surface area (Å²) in [6.45, 7) is 5.02. The molecule has 34 heavy (non-hydrogen) atoms. The van der Waals surface area contributed by atoms with Gasteiger partial charge in [-0.05, 0) is 31.2 Å². The number of nitrogens with zero attached hydrogens (tertiary/aromatic N) is 2. The molecule has 3 heterocycles. The highest BCUT2D eigenvalue weighted by Gasteiger charge is 2.75. The number of aliphatic hydroxyl groups excluding tert-OH is 1. The SMILES string of the molecule is C=CCN(Cc1ccccc1)C(=O)C1N(CCCCCO)C(=O)[C@@H]2[C@H](C(=O)O)[C@H]3SC12CC3Br. The third kappa shape index (κ3) is 4.31. The summed E-state index contributed by atoms with van der Waals surface area (Å²) in [4.78, 5) is 43.4. The molecule has 1 spiro atoms. The zero-order valence-corrected chi connectivity index (χ0v) is 21.4. The van der Waals surface area contributed by atoms with E-state index in [1.807, 2.05) is 30.3 Å². The van der Waals surface area contributed by atoms with Crippen molar-refractivity contribution in [3.63, 3.8) is 0 Å². The van der Waals surface area contributed by atoms with Crippen LogP contribution in [0.5, 0.6) is 0 Å². The molecule has 2 amide bonds. The molecule has 3 unspecified atom stereocenters. The molecule has 184 valence electrons. The first-order valence-corrected chi connectivity index (χ1v) is 13.5. The van der Waals surface area contributed by atoms with E-state index >= 15 is 0 Å². The maximum Gasteiger partial charge on any atom is 0.308 e. The van der Waals surface area contributed by atoms with Crippen LogP contribution in [0.15, 0.2) is 43.0 Å². The van der Waals surface area contributed by atoms with Gasteiger partial charge in [0.2, 0.25) is 11.8 Å². The number of carbonyl (C=O) groups excluding carboxylic acids is 2. The van der Waals surface area contributed by atoms with Gasteiger partial charge >= 0.3 is 5.97 Å². The van der Waals surface area contributed by atoms with Crippen LogP contribution in [0.25, 0.3) is 0 Å². The molecule has 0 saturated carbocycles. The van der Waals surface area contributed by atoms with Gasteiger partial charge in [0.05, 0.1) is 16.6 Å². The number of hydrogen-bond acceptors (Lipinski definition) is 5. The number of alkyl halides is 1. The minimum Gasteiger partial charge on any atom is -0.481 e. The van der Waals surface area contributed by atoms with Crippen molar-refractivity contribution in [1.82, 2.24) is 9.80 Å². The molecule has 2 bridgehead atoms. The summed E-state index contributed by atoms with van der Waals surface area (Å²) in [5, 5.41) is 18.9. The van der Waals surface area contributed by atoms with Gasteiger partial charge in [0, 0.05) is 36.3 Å². The molecule has 7 nitrogen and oxygen atoms in total. The summed E-state index contributed by atoms with van der Waals surface area (Å²) >= 11 is 5.18. The van der Waals surface area contributed by atoms with Crippen LogP contribution in [0.4, 0.5) is 0 Å². The van der Waals surface area contributed by atoms with Gasteiger partial charge in [-0.15, -0.1) is 18.3 Å². The van der Waals surface area contributed by atoms with Crippen LogP contribution in [0.2, 0.25) is 0 Å². The lowest BCUT2D eigenvalue weighted by atomic mass is 9.71. The number of unbranched alkanes of at least 4 members (excludes halogenated alkanes) is 2. The second-order valence-electron chi connectivity index (χ2n) is 9.31. The Morgan fingerprint density at radius 3 is 2.65 bits per heavy atom. The van der Waals surface area contributed by atoms with E-state index < -0.39 is 28.6 Å². The van der Waals surface area contributed by atoms with Gasteiger partial charge in [0.25, 0.3) is 0 Å². The van der Waals surface area contributed by atoms with Crippen molar-refractivity contribution in [3.8, 4) is 0 Å². The molecule has 0 radical (unpaired) electrons. The molecule has 3 aliphatic heterocycles. The number of aliphatic hydroxyl groups is 1. The van der Waals surface area contributed by atoms with Crippen molar-refractivity contribution < 1.29 is 24.6 Å². The minimum atomic E-state index is -0.970. The average molecular weight is 552 g/mol. The molecule has 4 rings (SSSR count). The maximum absolute atomic E-state index is 14.2. The molecule has 2 N–H and O–H groups in total. The molecular weight excluding hydrogens is 520 g/mol. The van der Waals surface area contributed by atoms with Crippen molar-refractivity contribution in [3.05, 3.63) is 48.6 Å². The zero-order valence-electron chi connectivity index (χ0n) is 19.0. The van der Waals surface area contributed by atoms with Gasteiger partial charge < -0.3 is 20.0 Å². The summed E-state index contributed by atoms with van der Waals surface area (Å²) in [5.74, 6) is -2.86. The topological polar surface area (TPSA) is 98.2 Å². The Hall–Kier alpha value is -1.84. The number of thioether (sulfide) groups is 1. The Bertz CT molecular complexity index is 946. The van der Waals surface area contributed by atoms with Crippen LogP contribution in [0.3, 0.4) is 0 Å². The van der Waals surface area contributed by atoms with Gasteiger partial charge in [-0.2, -0.15) is 0 Å². The fourth-order valence-electron chi connectivity index (χ4n) is 5.87. The van der Waals surface area contributed by atoms with Crippen LogP contribution >= 0.6 is 27.7 Å². The number of carboxylic acid groups (broad SMARTS) is 1. The van der Waals surface area contributed by atoms with E-state index in [1.165, 1.54) is 11.8 Å². The van der Waals surface area contributed by atoms with Crippen LogP contribution in [-0.4, -0.2) is 78.4 Å². The number of likely N-dealkylation sites (tertiary alicyclic amines) is 1. The number of aliphatic carboxylic acids is 1. The van der Waals surface area contributed by atoms with Crippen molar-refractivity contribution in [1.29, 1.82) is 0 Å². The summed E-state index contributed by atoms with van der Waals surface area (Å²) in [7, 11) is 0. The minimum absolute atomic E-state index is 0.0609. The van der Waals surface area contributed by atoms with Crippen LogP contribution in [-0.2, 0) is 20.9 Å².